The molecule has 1 aliphatic rings. The molecule has 126 valence electrons. The van der Waals surface area contributed by atoms with E-state index in [1.54, 1.807) is 12.1 Å². The first-order valence-corrected chi connectivity index (χ1v) is 8.23. The molecule has 6 heteroatoms. The molecular weight excluding hydrogens is 292 g/mol. The minimum Gasteiger partial charge on any atom is -0.459 e. The van der Waals surface area contributed by atoms with E-state index in [9.17, 15) is 4.79 Å². The minimum atomic E-state index is -0.0373. The van der Waals surface area contributed by atoms with Gasteiger partial charge in [-0.15, -0.1) is 0 Å². The van der Waals surface area contributed by atoms with Crippen LogP contribution in [-0.4, -0.2) is 60.9 Å². The molecule has 0 bridgehead atoms. The van der Waals surface area contributed by atoms with E-state index in [0.29, 0.717) is 18.8 Å². The second kappa shape index (κ2) is 9.02. The number of carbonyl (C=O) groups is 1. The summed E-state index contributed by atoms with van der Waals surface area (Å²) in [5.74, 6) is 1.30. The average Bonchev–Trinajstić information content (AvgIpc) is 3.12. The SMILES string of the molecule is CC=CCCN=C(NCC)N1CCN(C(=O)c2ccco2)CC1. The van der Waals surface area contributed by atoms with Gasteiger partial charge in [0.25, 0.3) is 5.91 Å². The fraction of sp³-hybridized carbons (Fsp3) is 0.529. The van der Waals surface area contributed by atoms with E-state index in [-0.39, 0.29) is 5.91 Å². The lowest BCUT2D eigenvalue weighted by molar-refractivity contribution is 0.0657. The number of amides is 1. The number of furan rings is 1. The van der Waals surface area contributed by atoms with Crippen LogP contribution in [0.2, 0.25) is 0 Å². The van der Waals surface area contributed by atoms with Crippen LogP contribution in [0.15, 0.2) is 40.0 Å². The van der Waals surface area contributed by atoms with E-state index < -0.39 is 0 Å². The number of nitrogens with zero attached hydrogens (tertiary/aromatic N) is 3. The van der Waals surface area contributed by atoms with Gasteiger partial charge in [0.15, 0.2) is 11.7 Å². The van der Waals surface area contributed by atoms with Gasteiger partial charge >= 0.3 is 0 Å². The van der Waals surface area contributed by atoms with Crippen molar-refractivity contribution in [2.75, 3.05) is 39.3 Å². The van der Waals surface area contributed by atoms with Crippen LogP contribution in [0.25, 0.3) is 0 Å². The van der Waals surface area contributed by atoms with Crippen molar-refractivity contribution in [3.63, 3.8) is 0 Å². The van der Waals surface area contributed by atoms with Crippen molar-refractivity contribution >= 4 is 11.9 Å². The largest absolute Gasteiger partial charge is 0.459 e. The number of nitrogens with one attached hydrogen (secondary N) is 1. The van der Waals surface area contributed by atoms with Gasteiger partial charge in [-0.25, -0.2) is 0 Å². The summed E-state index contributed by atoms with van der Waals surface area (Å²) in [6.07, 6.45) is 6.64. The monoisotopic (exact) mass is 318 g/mol. The highest BCUT2D eigenvalue weighted by Gasteiger charge is 2.24. The van der Waals surface area contributed by atoms with Crippen molar-refractivity contribution in [2.24, 2.45) is 4.99 Å². The molecular formula is C17H26N4O2. The third kappa shape index (κ3) is 4.87. The molecule has 1 aromatic rings. The molecule has 0 radical (unpaired) electrons. The van der Waals surface area contributed by atoms with E-state index >= 15 is 0 Å². The topological polar surface area (TPSA) is 61.1 Å². The number of hydrogen-bond donors (Lipinski definition) is 1. The lowest BCUT2D eigenvalue weighted by Crippen LogP contribution is -2.53. The summed E-state index contributed by atoms with van der Waals surface area (Å²) in [6, 6.07) is 3.45. The molecule has 0 aliphatic carbocycles. The summed E-state index contributed by atoms with van der Waals surface area (Å²) >= 11 is 0. The Hall–Kier alpha value is -2.24. The van der Waals surface area contributed by atoms with E-state index in [1.165, 1.54) is 6.26 Å². The number of guanidine groups is 1. The number of rotatable bonds is 5. The molecule has 1 N–H and O–H groups in total. The van der Waals surface area contributed by atoms with Crippen LogP contribution in [0, 0.1) is 0 Å². The molecule has 1 saturated heterocycles. The molecule has 6 nitrogen and oxygen atoms in total. The van der Waals surface area contributed by atoms with E-state index in [0.717, 1.165) is 38.6 Å². The zero-order chi connectivity index (χ0) is 16.5. The smallest absolute Gasteiger partial charge is 0.289 e. The molecule has 0 unspecified atom stereocenters. The van der Waals surface area contributed by atoms with Crippen LogP contribution in [0.5, 0.6) is 0 Å². The quantitative estimate of drug-likeness (QED) is 0.390. The number of allylic oxidation sites excluding steroid dienone is 1. The molecule has 1 aliphatic heterocycles. The van der Waals surface area contributed by atoms with Crippen molar-refractivity contribution in [1.82, 2.24) is 15.1 Å². The lowest BCUT2D eigenvalue weighted by atomic mass is 10.3. The molecule has 1 aromatic heterocycles. The van der Waals surface area contributed by atoms with Crippen LogP contribution in [0.4, 0.5) is 0 Å². The van der Waals surface area contributed by atoms with Crippen molar-refractivity contribution in [1.29, 1.82) is 0 Å². The number of hydrogen-bond acceptors (Lipinski definition) is 3. The maximum Gasteiger partial charge on any atom is 0.289 e. The predicted molar refractivity (Wildman–Crippen MR) is 91.6 cm³/mol. The Morgan fingerprint density at radius 2 is 2.09 bits per heavy atom. The normalized spacial score (nSPS) is 16.2. The standard InChI is InChI=1S/C17H26N4O2/c1-3-5-6-9-19-17(18-4-2)21-12-10-20(11-13-21)16(22)15-8-7-14-23-15/h3,5,7-8,14H,4,6,9-13H2,1-2H3,(H,18,19). The Balaban J connectivity index is 1.89. The maximum absolute atomic E-state index is 12.3. The van der Waals surface area contributed by atoms with Crippen molar-refractivity contribution in [2.45, 2.75) is 20.3 Å². The molecule has 0 saturated carbocycles. The summed E-state index contributed by atoms with van der Waals surface area (Å²) in [7, 11) is 0. The van der Waals surface area contributed by atoms with Crippen LogP contribution in [0.3, 0.4) is 0 Å². The zero-order valence-corrected chi connectivity index (χ0v) is 14.0. The van der Waals surface area contributed by atoms with E-state index in [4.69, 9.17) is 4.42 Å². The van der Waals surface area contributed by atoms with Crippen LogP contribution in [-0.2, 0) is 0 Å². The Labute approximate surface area is 137 Å². The Kier molecular flexibility index (Phi) is 6.72. The van der Waals surface area contributed by atoms with Gasteiger partial charge in [-0.05, 0) is 32.4 Å². The molecule has 1 fully saturated rings. The highest BCUT2D eigenvalue weighted by atomic mass is 16.3. The summed E-state index contributed by atoms with van der Waals surface area (Å²) in [4.78, 5) is 21.0. The molecule has 2 rings (SSSR count). The van der Waals surface area contributed by atoms with Gasteiger partial charge in [0.05, 0.1) is 6.26 Å². The van der Waals surface area contributed by atoms with Crippen LogP contribution in [0.1, 0.15) is 30.8 Å². The van der Waals surface area contributed by atoms with Gasteiger partial charge in [-0.2, -0.15) is 0 Å². The van der Waals surface area contributed by atoms with Gasteiger partial charge in [-0.3, -0.25) is 9.79 Å². The van der Waals surface area contributed by atoms with Crippen molar-refractivity contribution in [3.8, 4) is 0 Å². The van der Waals surface area contributed by atoms with Crippen LogP contribution < -0.4 is 5.32 Å². The molecule has 23 heavy (non-hydrogen) atoms. The fourth-order valence-electron chi connectivity index (χ4n) is 2.51. The maximum atomic E-state index is 12.3. The molecule has 0 spiro atoms. The van der Waals surface area contributed by atoms with Crippen molar-refractivity contribution < 1.29 is 9.21 Å². The van der Waals surface area contributed by atoms with E-state index in [2.05, 4.69) is 28.2 Å². The van der Waals surface area contributed by atoms with Gasteiger partial charge < -0.3 is 19.5 Å². The Morgan fingerprint density at radius 1 is 1.35 bits per heavy atom. The molecule has 0 aromatic carbocycles. The van der Waals surface area contributed by atoms with Gasteiger partial charge in [-0.1, -0.05) is 12.2 Å². The molecule has 0 atom stereocenters. The summed E-state index contributed by atoms with van der Waals surface area (Å²) in [5.41, 5.74) is 0. The first-order chi connectivity index (χ1) is 11.3. The Morgan fingerprint density at radius 3 is 2.70 bits per heavy atom. The third-order valence-electron chi connectivity index (χ3n) is 3.73. The predicted octanol–water partition coefficient (Wildman–Crippen LogP) is 1.97. The fourth-order valence-corrected chi connectivity index (χ4v) is 2.51. The second-order valence-electron chi connectivity index (χ2n) is 5.35. The highest BCUT2D eigenvalue weighted by Crippen LogP contribution is 2.09. The van der Waals surface area contributed by atoms with Crippen LogP contribution >= 0.6 is 0 Å². The second-order valence-corrected chi connectivity index (χ2v) is 5.35. The van der Waals surface area contributed by atoms with Gasteiger partial charge in [0.2, 0.25) is 0 Å². The molecule has 2 heterocycles. The molecule has 1 amide bonds. The summed E-state index contributed by atoms with van der Waals surface area (Å²) in [5, 5.41) is 3.33. The average molecular weight is 318 g/mol. The Bertz CT molecular complexity index is 529. The van der Waals surface area contributed by atoms with Gasteiger partial charge in [0.1, 0.15) is 0 Å². The number of carbonyl (C=O) groups excluding carboxylic acids is 1. The summed E-state index contributed by atoms with van der Waals surface area (Å²) in [6.45, 7) is 8.62. The first-order valence-electron chi connectivity index (χ1n) is 8.23. The van der Waals surface area contributed by atoms with Gasteiger partial charge in [0, 0.05) is 39.3 Å². The van der Waals surface area contributed by atoms with E-state index in [1.807, 2.05) is 17.9 Å². The third-order valence-corrected chi connectivity index (χ3v) is 3.73. The highest BCUT2D eigenvalue weighted by molar-refractivity contribution is 5.91. The zero-order valence-electron chi connectivity index (χ0n) is 14.0. The lowest BCUT2D eigenvalue weighted by Gasteiger charge is -2.36. The summed E-state index contributed by atoms with van der Waals surface area (Å²) < 4.78 is 5.19. The first kappa shape index (κ1) is 17.1. The number of piperazine rings is 1. The minimum absolute atomic E-state index is 0.0373. The van der Waals surface area contributed by atoms with Crippen molar-refractivity contribution in [3.05, 3.63) is 36.3 Å². The number of aliphatic imine (C=N–C) groups is 1.